The van der Waals surface area contributed by atoms with E-state index in [1.165, 1.54) is 38.0 Å². The minimum absolute atomic E-state index is 0.644. The molecule has 1 aromatic rings. The van der Waals surface area contributed by atoms with Crippen molar-refractivity contribution in [3.05, 3.63) is 28.2 Å². The summed E-state index contributed by atoms with van der Waals surface area (Å²) in [6, 6.07) is 7.85. The molecule has 0 radical (unpaired) electrons. The lowest BCUT2D eigenvalue weighted by atomic mass is 10.1. The Kier molecular flexibility index (Phi) is 4.34. The normalized spacial score (nSPS) is 27.6. The number of piperazine rings is 1. The maximum absolute atomic E-state index is 5.30. The van der Waals surface area contributed by atoms with Crippen LogP contribution >= 0.6 is 15.9 Å². The molecule has 0 aliphatic carbocycles. The Bertz CT molecular complexity index is 480. The summed E-state index contributed by atoms with van der Waals surface area (Å²) in [6.07, 6.45) is 2.74. The van der Waals surface area contributed by atoms with Crippen LogP contribution in [0.3, 0.4) is 0 Å². The first kappa shape index (κ1) is 14.4. The first-order valence-corrected chi connectivity index (χ1v) is 8.27. The molecule has 0 bridgehead atoms. The topological polar surface area (TPSA) is 15.7 Å². The molecule has 0 saturated carbocycles. The molecule has 2 fully saturated rings. The van der Waals surface area contributed by atoms with E-state index in [-0.39, 0.29) is 0 Å². The van der Waals surface area contributed by atoms with Gasteiger partial charge in [-0.05, 0) is 59.9 Å². The Morgan fingerprint density at radius 1 is 1.35 bits per heavy atom. The quantitative estimate of drug-likeness (QED) is 0.842. The molecule has 2 aliphatic rings. The molecule has 2 aliphatic heterocycles. The van der Waals surface area contributed by atoms with E-state index in [0.29, 0.717) is 6.04 Å². The summed E-state index contributed by atoms with van der Waals surface area (Å²) in [5, 5.41) is 0. The molecule has 20 heavy (non-hydrogen) atoms. The van der Waals surface area contributed by atoms with Gasteiger partial charge in [0.1, 0.15) is 5.75 Å². The Hall–Kier alpha value is -0.580. The molecule has 2 saturated heterocycles. The molecule has 3 rings (SSSR count). The molecule has 0 amide bonds. The average Bonchev–Trinajstić information content (AvgIpc) is 2.86. The number of methoxy groups -OCH3 is 1. The predicted molar refractivity (Wildman–Crippen MR) is 85.2 cm³/mol. The van der Waals surface area contributed by atoms with Gasteiger partial charge in [-0.25, -0.2) is 0 Å². The molecular formula is C16H23BrN2O. The lowest BCUT2D eigenvalue weighted by molar-refractivity contribution is 0.0540. The van der Waals surface area contributed by atoms with Gasteiger partial charge in [0.25, 0.3) is 0 Å². The summed E-state index contributed by atoms with van der Waals surface area (Å²) >= 11 is 3.58. The van der Waals surface area contributed by atoms with E-state index in [1.54, 1.807) is 7.11 Å². The van der Waals surface area contributed by atoms with Crippen LogP contribution in [-0.4, -0.2) is 48.6 Å². The van der Waals surface area contributed by atoms with Crippen molar-refractivity contribution in [2.45, 2.75) is 38.4 Å². The number of rotatable bonds is 3. The summed E-state index contributed by atoms with van der Waals surface area (Å²) in [5.41, 5.74) is 1.36. The molecule has 0 N–H and O–H groups in total. The van der Waals surface area contributed by atoms with Gasteiger partial charge in [0, 0.05) is 31.7 Å². The fourth-order valence-electron chi connectivity index (χ4n) is 3.51. The molecule has 0 aromatic heterocycles. The number of benzene rings is 1. The van der Waals surface area contributed by atoms with E-state index in [4.69, 9.17) is 4.74 Å². The second kappa shape index (κ2) is 6.04. The molecule has 2 atom stereocenters. The Morgan fingerprint density at radius 3 is 2.95 bits per heavy atom. The molecule has 3 nitrogen and oxygen atoms in total. The highest BCUT2D eigenvalue weighted by molar-refractivity contribution is 9.10. The van der Waals surface area contributed by atoms with Crippen molar-refractivity contribution in [3.63, 3.8) is 0 Å². The van der Waals surface area contributed by atoms with Crippen molar-refractivity contribution in [2.75, 3.05) is 26.7 Å². The van der Waals surface area contributed by atoms with E-state index in [9.17, 15) is 0 Å². The van der Waals surface area contributed by atoms with Gasteiger partial charge in [0.2, 0.25) is 0 Å². The second-order valence-corrected chi connectivity index (χ2v) is 6.89. The SMILES string of the molecule is COc1ccc(CN2C[C@@H]3CCCN3C[C@H]2C)cc1Br. The first-order valence-electron chi connectivity index (χ1n) is 7.48. The van der Waals surface area contributed by atoms with Crippen LogP contribution in [0.25, 0.3) is 0 Å². The van der Waals surface area contributed by atoms with E-state index in [2.05, 4.69) is 50.9 Å². The van der Waals surface area contributed by atoms with Crippen LogP contribution in [0.1, 0.15) is 25.3 Å². The number of hydrogen-bond donors (Lipinski definition) is 0. The van der Waals surface area contributed by atoms with Crippen molar-refractivity contribution in [1.82, 2.24) is 9.80 Å². The highest BCUT2D eigenvalue weighted by Gasteiger charge is 2.34. The summed E-state index contributed by atoms with van der Waals surface area (Å²) in [7, 11) is 1.71. The van der Waals surface area contributed by atoms with Crippen LogP contribution < -0.4 is 4.74 Å². The van der Waals surface area contributed by atoms with Crippen LogP contribution in [0, 0.1) is 0 Å². The lowest BCUT2D eigenvalue weighted by Gasteiger charge is -2.42. The van der Waals surface area contributed by atoms with Crippen molar-refractivity contribution >= 4 is 15.9 Å². The van der Waals surface area contributed by atoms with Crippen LogP contribution in [0.5, 0.6) is 5.75 Å². The summed E-state index contributed by atoms with van der Waals surface area (Å²) in [4.78, 5) is 5.30. The standard InChI is InChI=1S/C16H23BrN2O/c1-12-9-18-7-3-4-14(18)11-19(12)10-13-5-6-16(20-2)15(17)8-13/h5-6,8,12,14H,3-4,7,9-11H2,1-2H3/t12-,14+/m1/s1. The molecule has 0 spiro atoms. The first-order chi connectivity index (χ1) is 9.67. The molecule has 1 aromatic carbocycles. The average molecular weight is 339 g/mol. The van der Waals surface area contributed by atoms with Gasteiger partial charge in [-0.15, -0.1) is 0 Å². The number of hydrogen-bond acceptors (Lipinski definition) is 3. The van der Waals surface area contributed by atoms with E-state index >= 15 is 0 Å². The Morgan fingerprint density at radius 2 is 2.20 bits per heavy atom. The largest absolute Gasteiger partial charge is 0.496 e. The third kappa shape index (κ3) is 2.87. The zero-order valence-electron chi connectivity index (χ0n) is 12.3. The van der Waals surface area contributed by atoms with Gasteiger partial charge >= 0.3 is 0 Å². The van der Waals surface area contributed by atoms with Crippen LogP contribution in [0.4, 0.5) is 0 Å². The smallest absolute Gasteiger partial charge is 0.133 e. The van der Waals surface area contributed by atoms with Gasteiger partial charge in [-0.2, -0.15) is 0 Å². The van der Waals surface area contributed by atoms with Gasteiger partial charge in [-0.1, -0.05) is 6.07 Å². The second-order valence-electron chi connectivity index (χ2n) is 6.04. The maximum Gasteiger partial charge on any atom is 0.133 e. The summed E-state index contributed by atoms with van der Waals surface area (Å²) in [5.74, 6) is 0.905. The van der Waals surface area contributed by atoms with E-state index in [0.717, 1.165) is 22.8 Å². The Labute approximate surface area is 130 Å². The number of halogens is 1. The van der Waals surface area contributed by atoms with Gasteiger partial charge in [0.05, 0.1) is 11.6 Å². The van der Waals surface area contributed by atoms with Crippen molar-refractivity contribution in [1.29, 1.82) is 0 Å². The monoisotopic (exact) mass is 338 g/mol. The predicted octanol–water partition coefficient (Wildman–Crippen LogP) is 3.13. The highest BCUT2D eigenvalue weighted by atomic mass is 79.9. The van der Waals surface area contributed by atoms with Gasteiger partial charge in [-0.3, -0.25) is 9.80 Å². The number of nitrogens with zero attached hydrogens (tertiary/aromatic N) is 2. The molecular weight excluding hydrogens is 316 g/mol. The van der Waals surface area contributed by atoms with Gasteiger partial charge in [0.15, 0.2) is 0 Å². The number of ether oxygens (including phenoxy) is 1. The zero-order chi connectivity index (χ0) is 14.1. The van der Waals surface area contributed by atoms with Crippen LogP contribution in [0.2, 0.25) is 0 Å². The van der Waals surface area contributed by atoms with Gasteiger partial charge < -0.3 is 4.74 Å². The molecule has 4 heteroatoms. The minimum Gasteiger partial charge on any atom is -0.496 e. The van der Waals surface area contributed by atoms with E-state index in [1.807, 2.05) is 0 Å². The number of fused-ring (bicyclic) bond motifs is 1. The van der Waals surface area contributed by atoms with Crippen LogP contribution in [0.15, 0.2) is 22.7 Å². The fourth-order valence-corrected chi connectivity index (χ4v) is 4.10. The fraction of sp³-hybridized carbons (Fsp3) is 0.625. The summed E-state index contributed by atoms with van der Waals surface area (Å²) < 4.78 is 6.35. The van der Waals surface area contributed by atoms with Crippen molar-refractivity contribution < 1.29 is 4.74 Å². The highest BCUT2D eigenvalue weighted by Crippen LogP contribution is 2.29. The maximum atomic E-state index is 5.30. The van der Waals surface area contributed by atoms with Crippen molar-refractivity contribution in [3.8, 4) is 5.75 Å². The summed E-state index contributed by atoms with van der Waals surface area (Å²) in [6.45, 7) is 7.13. The molecule has 110 valence electrons. The Balaban J connectivity index is 1.69. The third-order valence-electron chi connectivity index (χ3n) is 4.67. The van der Waals surface area contributed by atoms with Crippen molar-refractivity contribution in [2.24, 2.45) is 0 Å². The minimum atomic E-state index is 0.644. The molecule has 0 unspecified atom stereocenters. The third-order valence-corrected chi connectivity index (χ3v) is 5.29. The molecule has 2 heterocycles. The lowest BCUT2D eigenvalue weighted by Crippen LogP contribution is -2.54. The van der Waals surface area contributed by atoms with Crippen LogP contribution in [-0.2, 0) is 6.54 Å². The zero-order valence-corrected chi connectivity index (χ0v) is 13.9. The van der Waals surface area contributed by atoms with E-state index < -0.39 is 0 Å².